The first-order chi connectivity index (χ1) is 8.50. The van der Waals surface area contributed by atoms with Gasteiger partial charge in [-0.2, -0.15) is 0 Å². The molecule has 0 bridgehead atoms. The molecule has 1 aliphatic carbocycles. The Hall–Kier alpha value is -2.11. The smallest absolute Gasteiger partial charge is 0.335 e. The van der Waals surface area contributed by atoms with Crippen molar-refractivity contribution in [2.24, 2.45) is 0 Å². The van der Waals surface area contributed by atoms with E-state index in [1.54, 1.807) is 0 Å². The molecule has 18 heavy (non-hydrogen) atoms. The van der Waals surface area contributed by atoms with Gasteiger partial charge in [0.2, 0.25) is 0 Å². The fourth-order valence-electron chi connectivity index (χ4n) is 2.07. The highest BCUT2D eigenvalue weighted by atomic mass is 16.6. The lowest BCUT2D eigenvalue weighted by Crippen LogP contribution is -2.37. The van der Waals surface area contributed by atoms with Crippen LogP contribution < -0.4 is 4.90 Å². The molecule has 0 radical (unpaired) electrons. The Morgan fingerprint density at radius 3 is 2.61 bits per heavy atom. The van der Waals surface area contributed by atoms with Gasteiger partial charge in [0, 0.05) is 19.2 Å². The summed E-state index contributed by atoms with van der Waals surface area (Å²) in [5.74, 6) is -1.16. The van der Waals surface area contributed by atoms with Gasteiger partial charge >= 0.3 is 5.97 Å². The first kappa shape index (κ1) is 12.3. The molecule has 1 aromatic carbocycles. The number of hydrogen-bond donors (Lipinski definition) is 1. The quantitative estimate of drug-likeness (QED) is 0.654. The number of nitro benzene ring substituents is 1. The van der Waals surface area contributed by atoms with Gasteiger partial charge in [-0.05, 0) is 31.4 Å². The van der Waals surface area contributed by atoms with Crippen molar-refractivity contribution >= 4 is 17.3 Å². The minimum atomic E-state index is -1.16. The third kappa shape index (κ3) is 2.13. The largest absolute Gasteiger partial charge is 0.478 e. The summed E-state index contributed by atoms with van der Waals surface area (Å²) in [7, 11) is 1.81. The predicted molar refractivity (Wildman–Crippen MR) is 66.1 cm³/mol. The number of aromatic carboxylic acids is 1. The molecule has 0 saturated heterocycles. The van der Waals surface area contributed by atoms with E-state index >= 15 is 0 Å². The Balaban J connectivity index is 2.39. The third-order valence-corrected chi connectivity index (χ3v) is 3.42. The standard InChI is InChI=1S/C12H14N2O4/c1-13(9-3-2-4-9)10-6-5-8(12(15)16)7-11(10)14(17)18/h5-7,9H,2-4H2,1H3,(H,15,16). The monoisotopic (exact) mass is 250 g/mol. The maximum Gasteiger partial charge on any atom is 0.335 e. The average Bonchev–Trinajstić information content (AvgIpc) is 2.25. The molecule has 6 nitrogen and oxygen atoms in total. The summed E-state index contributed by atoms with van der Waals surface area (Å²) in [6.45, 7) is 0. The van der Waals surface area contributed by atoms with E-state index in [9.17, 15) is 14.9 Å². The highest BCUT2D eigenvalue weighted by molar-refractivity contribution is 5.89. The molecule has 0 unspecified atom stereocenters. The highest BCUT2D eigenvalue weighted by Gasteiger charge is 2.27. The van der Waals surface area contributed by atoms with E-state index in [2.05, 4.69) is 0 Å². The van der Waals surface area contributed by atoms with Crippen LogP contribution in [-0.4, -0.2) is 29.1 Å². The summed E-state index contributed by atoms with van der Waals surface area (Å²) >= 11 is 0. The lowest BCUT2D eigenvalue weighted by Gasteiger charge is -2.36. The molecule has 1 N–H and O–H groups in total. The highest BCUT2D eigenvalue weighted by Crippen LogP contribution is 2.34. The molecule has 2 rings (SSSR count). The third-order valence-electron chi connectivity index (χ3n) is 3.42. The van der Waals surface area contributed by atoms with Crippen molar-refractivity contribution in [3.05, 3.63) is 33.9 Å². The lowest BCUT2D eigenvalue weighted by molar-refractivity contribution is -0.384. The zero-order valence-corrected chi connectivity index (χ0v) is 10.00. The molecule has 0 aliphatic heterocycles. The molecule has 6 heteroatoms. The molecule has 0 heterocycles. The second-order valence-electron chi connectivity index (χ2n) is 4.46. The van der Waals surface area contributed by atoms with Gasteiger partial charge in [-0.3, -0.25) is 10.1 Å². The molecule has 1 aromatic rings. The van der Waals surface area contributed by atoms with E-state index in [1.165, 1.54) is 12.1 Å². The maximum atomic E-state index is 11.0. The molecule has 1 saturated carbocycles. The lowest BCUT2D eigenvalue weighted by atomic mass is 9.91. The van der Waals surface area contributed by atoms with Crippen LogP contribution in [0.3, 0.4) is 0 Å². The minimum Gasteiger partial charge on any atom is -0.478 e. The number of nitro groups is 1. The van der Waals surface area contributed by atoms with Crippen LogP contribution in [0.25, 0.3) is 0 Å². The Morgan fingerprint density at radius 1 is 1.50 bits per heavy atom. The zero-order chi connectivity index (χ0) is 13.3. The van der Waals surface area contributed by atoms with Crippen LogP contribution in [0.2, 0.25) is 0 Å². The van der Waals surface area contributed by atoms with Crippen LogP contribution in [0.5, 0.6) is 0 Å². The van der Waals surface area contributed by atoms with E-state index in [1.807, 2.05) is 11.9 Å². The van der Waals surface area contributed by atoms with Gasteiger partial charge in [-0.15, -0.1) is 0 Å². The molecule has 1 aliphatic rings. The van der Waals surface area contributed by atoms with Crippen LogP contribution in [0.4, 0.5) is 11.4 Å². The first-order valence-corrected chi connectivity index (χ1v) is 5.75. The molecule has 0 amide bonds. The number of carboxylic acids is 1. The fourth-order valence-corrected chi connectivity index (χ4v) is 2.07. The van der Waals surface area contributed by atoms with E-state index in [-0.39, 0.29) is 11.3 Å². The number of carboxylic acid groups (broad SMARTS) is 1. The van der Waals surface area contributed by atoms with Crippen molar-refractivity contribution in [2.45, 2.75) is 25.3 Å². The van der Waals surface area contributed by atoms with E-state index in [0.29, 0.717) is 11.7 Å². The van der Waals surface area contributed by atoms with Crippen LogP contribution in [0, 0.1) is 10.1 Å². The zero-order valence-electron chi connectivity index (χ0n) is 10.00. The van der Waals surface area contributed by atoms with Gasteiger partial charge in [-0.1, -0.05) is 0 Å². The van der Waals surface area contributed by atoms with Crippen molar-refractivity contribution in [1.82, 2.24) is 0 Å². The maximum absolute atomic E-state index is 11.0. The number of anilines is 1. The van der Waals surface area contributed by atoms with Crippen LogP contribution in [0.1, 0.15) is 29.6 Å². The average molecular weight is 250 g/mol. The fraction of sp³-hybridized carbons (Fsp3) is 0.417. The van der Waals surface area contributed by atoms with Crippen molar-refractivity contribution in [2.75, 3.05) is 11.9 Å². The summed E-state index contributed by atoms with van der Waals surface area (Å²) in [5.41, 5.74) is 0.270. The Bertz CT molecular complexity index is 497. The molecule has 0 spiro atoms. The summed E-state index contributed by atoms with van der Waals surface area (Å²) in [5, 5.41) is 19.9. The summed E-state index contributed by atoms with van der Waals surface area (Å²) in [4.78, 5) is 23.2. The molecule has 0 atom stereocenters. The van der Waals surface area contributed by atoms with Crippen molar-refractivity contribution in [3.63, 3.8) is 0 Å². The summed E-state index contributed by atoms with van der Waals surface area (Å²) in [6, 6.07) is 4.35. The van der Waals surface area contributed by atoms with E-state index in [4.69, 9.17) is 5.11 Å². The molecule has 96 valence electrons. The number of benzene rings is 1. The van der Waals surface area contributed by atoms with Gasteiger partial charge in [0.1, 0.15) is 5.69 Å². The Morgan fingerprint density at radius 2 is 2.17 bits per heavy atom. The van der Waals surface area contributed by atoms with Crippen LogP contribution >= 0.6 is 0 Å². The minimum absolute atomic E-state index is 0.0625. The van der Waals surface area contributed by atoms with Gasteiger partial charge in [0.15, 0.2) is 0 Å². The predicted octanol–water partition coefficient (Wildman–Crippen LogP) is 2.28. The normalized spacial score (nSPS) is 14.9. The van der Waals surface area contributed by atoms with E-state index in [0.717, 1.165) is 25.3 Å². The molecular weight excluding hydrogens is 236 g/mol. The Kier molecular flexibility index (Phi) is 3.18. The number of carbonyl (C=O) groups is 1. The molecule has 0 aromatic heterocycles. The second kappa shape index (κ2) is 4.64. The second-order valence-corrected chi connectivity index (χ2v) is 4.46. The van der Waals surface area contributed by atoms with Crippen LogP contribution in [0.15, 0.2) is 18.2 Å². The number of rotatable bonds is 4. The van der Waals surface area contributed by atoms with Crippen molar-refractivity contribution < 1.29 is 14.8 Å². The first-order valence-electron chi connectivity index (χ1n) is 5.75. The summed E-state index contributed by atoms with van der Waals surface area (Å²) < 4.78 is 0. The SMILES string of the molecule is CN(c1ccc(C(=O)O)cc1[N+](=O)[O-])C1CCC1. The van der Waals surface area contributed by atoms with E-state index < -0.39 is 10.9 Å². The Labute approximate surface area is 104 Å². The van der Waals surface area contributed by atoms with Gasteiger partial charge in [0.25, 0.3) is 5.69 Å². The van der Waals surface area contributed by atoms with Crippen molar-refractivity contribution in [3.8, 4) is 0 Å². The van der Waals surface area contributed by atoms with Gasteiger partial charge < -0.3 is 10.0 Å². The topological polar surface area (TPSA) is 83.7 Å². The number of nitrogens with zero attached hydrogens (tertiary/aromatic N) is 2. The number of hydrogen-bond acceptors (Lipinski definition) is 4. The van der Waals surface area contributed by atoms with Gasteiger partial charge in [0.05, 0.1) is 10.5 Å². The van der Waals surface area contributed by atoms with Gasteiger partial charge in [-0.25, -0.2) is 4.79 Å². The van der Waals surface area contributed by atoms with Crippen molar-refractivity contribution in [1.29, 1.82) is 0 Å². The molecule has 1 fully saturated rings. The summed E-state index contributed by atoms with van der Waals surface area (Å²) in [6.07, 6.45) is 3.18. The molecular formula is C12H14N2O4. The van der Waals surface area contributed by atoms with Crippen LogP contribution in [-0.2, 0) is 0 Å².